The summed E-state index contributed by atoms with van der Waals surface area (Å²) in [5.41, 5.74) is 0. The number of rotatable bonds is 47. The number of carboxylic acids is 3. The van der Waals surface area contributed by atoms with Gasteiger partial charge in [-0.05, 0) is 32.1 Å². The summed E-state index contributed by atoms with van der Waals surface area (Å²) in [6.45, 7) is 2.46. The maximum Gasteiger partial charge on any atom is 0.397 e. The molecule has 0 aromatic carbocycles. The van der Waals surface area contributed by atoms with Crippen LogP contribution in [0.15, 0.2) is 0 Å². The van der Waals surface area contributed by atoms with Gasteiger partial charge in [-0.25, -0.2) is 35.3 Å². The fourth-order valence-corrected chi connectivity index (χ4v) is 15.9. The number of amides is 1. The first-order valence-corrected chi connectivity index (χ1v) is 45.8. The van der Waals surface area contributed by atoms with Crippen molar-refractivity contribution in [2.75, 3.05) is 26.4 Å². The van der Waals surface area contributed by atoms with Gasteiger partial charge in [0.15, 0.2) is 98.6 Å². The molecule has 13 N–H and O–H groups in total. The summed E-state index contributed by atoms with van der Waals surface area (Å²) in [5, 5.41) is 56.6. The fraction of sp³-hybridized carbons (Fsp3) is 0.823. The third kappa shape index (κ3) is 32.7. The van der Waals surface area contributed by atoms with Crippen LogP contribution in [0.4, 0.5) is 0 Å². The quantitative estimate of drug-likeness (QED) is 0.0153. The smallest absolute Gasteiger partial charge is 0.397 e. The molecular weight excluding hydrogens is 1880 g/mol. The van der Waals surface area contributed by atoms with Gasteiger partial charge in [0.05, 0.1) is 26.4 Å². The number of aliphatic hydroxyl groups is 2. The zero-order chi connectivity index (χ0) is 95.7. The van der Waals surface area contributed by atoms with Crippen LogP contribution >= 0.6 is 0 Å². The van der Waals surface area contributed by atoms with E-state index in [1.54, 1.807) is 0 Å². The third-order valence-electron chi connectivity index (χ3n) is 18.1. The average molecular weight is 1970 g/mol. The van der Waals surface area contributed by atoms with E-state index in [-0.39, 0.29) is 32.1 Å². The Morgan fingerprint density at radius 3 is 0.976 bits per heavy atom. The Morgan fingerprint density at radius 1 is 0.323 bits per heavy atom. The molecule has 6 rings (SSSR count). The second-order valence-electron chi connectivity index (χ2n) is 27.9. The summed E-state index contributed by atoms with van der Waals surface area (Å²) in [4.78, 5) is 149. The van der Waals surface area contributed by atoms with E-state index in [0.717, 1.165) is 13.8 Å². The first-order chi connectivity index (χ1) is 58.8. The lowest BCUT2D eigenvalue weighted by Crippen LogP contribution is -2.72. The summed E-state index contributed by atoms with van der Waals surface area (Å²) < 4.78 is 343. The Balaban J connectivity index is 1.60. The third-order valence-corrected chi connectivity index (χ3v) is 20.9. The Labute approximate surface area is 720 Å². The number of ether oxygens (including phenoxy) is 18. The van der Waals surface area contributed by atoms with Gasteiger partial charge in [-0.2, -0.15) is 55.2 Å². The molecule has 0 spiro atoms. The fourth-order valence-electron chi connectivity index (χ4n) is 13.4. The van der Waals surface area contributed by atoms with Crippen LogP contribution in [-0.2, 0) is 221 Å². The number of hydrogen-bond donors (Lipinski definition) is 13. The van der Waals surface area contributed by atoms with Crippen molar-refractivity contribution in [1.82, 2.24) is 10.0 Å². The molecule has 0 bridgehead atoms. The Bertz CT molecular complexity index is 4560. The molecule has 6 saturated heterocycles. The molecule has 0 aliphatic carbocycles. The zero-order valence-corrected chi connectivity index (χ0v) is 72.2. The lowest BCUT2D eigenvalue weighted by Gasteiger charge is -2.51. The summed E-state index contributed by atoms with van der Waals surface area (Å²) in [7, 11) is -36.4. The number of hydrogen-bond acceptors (Lipinski definition) is 48. The van der Waals surface area contributed by atoms with E-state index >= 15 is 0 Å². The van der Waals surface area contributed by atoms with E-state index in [9.17, 15) is 156 Å². The van der Waals surface area contributed by atoms with E-state index in [1.165, 1.54) is 39.3 Å². The highest BCUT2D eigenvalue weighted by atomic mass is 32.3. The van der Waals surface area contributed by atoms with Crippen LogP contribution in [-0.4, -0.2) is 373 Å². The van der Waals surface area contributed by atoms with Crippen LogP contribution in [0.1, 0.15) is 120 Å². The Morgan fingerprint density at radius 2 is 0.630 bits per heavy atom. The molecule has 6 fully saturated rings. The van der Waals surface area contributed by atoms with E-state index in [2.05, 4.69) is 17.9 Å². The summed E-state index contributed by atoms with van der Waals surface area (Å²) in [5.74, 6) is -18.0. The van der Waals surface area contributed by atoms with Crippen molar-refractivity contribution in [2.45, 2.75) is 297 Å². The minimum Gasteiger partial charge on any atom is -0.479 e. The van der Waals surface area contributed by atoms with Crippen molar-refractivity contribution in [1.29, 1.82) is 0 Å². The average Bonchev–Trinajstić information content (AvgIpc) is 1.20. The van der Waals surface area contributed by atoms with Crippen molar-refractivity contribution in [3.8, 4) is 0 Å². The maximum absolute atomic E-state index is 14.1. The molecule has 6 aliphatic rings. The van der Waals surface area contributed by atoms with Gasteiger partial charge in [0.25, 0.3) is 0 Å². The van der Waals surface area contributed by atoms with Gasteiger partial charge in [0.1, 0.15) is 79.2 Å². The lowest BCUT2D eigenvalue weighted by atomic mass is 9.93. The molecule has 1 amide bonds. The van der Waals surface area contributed by atoms with Gasteiger partial charge >= 0.3 is 122 Å². The van der Waals surface area contributed by atoms with E-state index in [0.29, 0.717) is 6.92 Å². The molecule has 730 valence electrons. The topological polar surface area (TPSA) is 851 Å². The van der Waals surface area contributed by atoms with Crippen molar-refractivity contribution in [2.24, 2.45) is 0 Å². The highest BCUT2D eigenvalue weighted by molar-refractivity contribution is 7.84. The SMILES string of the molecule is CCCC(=O)OC1C(CO)OC(COS(=O)(=O)O)C1OC1OC(C(=O)O)C(OC2OC(COS(=O)(=O)O)C(OC3OC(C(=O)O)C(OC4OC(COS(=O)(=O)O)C(OC5OC(C(=O)O)C(O)C(OC(=O)CCC)C5OC(C)=O)C(OC(=O)CCC)C4NC(C)=O)C(OC(=O)CCC)C3OC(C)=O)C(OS(=O)(=O)O)C2NS(=O)(=O)O)C(OC(=O)CCC)C1OS(=O)(=O)O. The molecule has 0 radical (unpaired) electrons. The van der Waals surface area contributed by atoms with Crippen LogP contribution in [0.5, 0.6) is 0 Å². The standard InChI is InChI=1S/C62H94N2O57S6/c1-9-14-30(69)107-38-26(19-65)104-27(20-99-123(84,85)86)39(38)112-62-54(121-127(96,97)98)49(111-34(73)18-13-5)47(51(119-62)57(79)80)117-59-36(64-122(81,82)83)43(120-126(93,94)95)41(29(106-59)22-101-125(90,91)92)114-61-53(103-25(8)68)48(110-33(72)17-12-4)46(50(118-61)56(77)78)116-58-35(63-23(6)66)42(108-31(70)15-10-2)40(28(105-58)21-100-124(87,88)89)113-60-52(102-24(7)67)44(109-32(71)16-11-3)37(74)45(115-60)55(75)76/h26-29,35-54,58-62,64-65,74H,9-22H2,1-8H3,(H,63,66)(H,75,76)(H,77,78)(H,79,80)(H,81,82,83)(H,84,85,86)(H,87,88,89)(H,90,91,92)(H,93,94,95)(H,96,97,98). The summed E-state index contributed by atoms with van der Waals surface area (Å²) in [6.07, 6.45) is -78.5. The highest BCUT2D eigenvalue weighted by Crippen LogP contribution is 2.43. The van der Waals surface area contributed by atoms with E-state index in [4.69, 9.17) is 93.6 Å². The molecule has 29 atom stereocenters. The van der Waals surface area contributed by atoms with E-state index < -0.39 is 364 Å². The lowest BCUT2D eigenvalue weighted by molar-refractivity contribution is -0.375. The normalized spacial score (nSPS) is 33.3. The van der Waals surface area contributed by atoms with Gasteiger partial charge in [-0.1, -0.05) is 34.6 Å². The molecule has 0 aromatic heterocycles. The van der Waals surface area contributed by atoms with Crippen LogP contribution < -0.4 is 10.0 Å². The number of carbonyl (C=O) groups is 11. The molecule has 65 heteroatoms. The van der Waals surface area contributed by atoms with Gasteiger partial charge in [-0.3, -0.25) is 65.7 Å². The second-order valence-corrected chi connectivity index (χ2v) is 34.4. The number of carbonyl (C=O) groups excluding carboxylic acids is 8. The van der Waals surface area contributed by atoms with Crippen molar-refractivity contribution in [3.63, 3.8) is 0 Å². The largest absolute Gasteiger partial charge is 0.479 e. The Kier molecular flexibility index (Phi) is 40.0. The number of aliphatic hydroxyl groups excluding tert-OH is 2. The molecule has 127 heavy (non-hydrogen) atoms. The minimum atomic E-state index is -6.53. The van der Waals surface area contributed by atoms with Crippen LogP contribution in [0.2, 0.25) is 0 Å². The number of nitrogens with one attached hydrogen (secondary N) is 2. The minimum absolute atomic E-state index is 0.0220. The molecule has 29 unspecified atom stereocenters. The number of aliphatic carboxylic acids is 3. The predicted octanol–water partition coefficient (Wildman–Crippen LogP) is -6.57. The zero-order valence-electron chi connectivity index (χ0n) is 67.3. The molecule has 0 saturated carbocycles. The number of carboxylic acid groups (broad SMARTS) is 3. The highest BCUT2D eigenvalue weighted by Gasteiger charge is 2.65. The molecule has 59 nitrogen and oxygen atoms in total. The van der Waals surface area contributed by atoms with Gasteiger partial charge < -0.3 is 116 Å². The van der Waals surface area contributed by atoms with Crippen molar-refractivity contribution in [3.05, 3.63) is 0 Å². The molecule has 6 heterocycles. The first-order valence-electron chi connectivity index (χ1n) is 37.5. The number of esters is 7. The van der Waals surface area contributed by atoms with Gasteiger partial charge in [0, 0.05) is 52.9 Å². The maximum atomic E-state index is 14.1. The Hall–Kier alpha value is -7.13. The van der Waals surface area contributed by atoms with E-state index in [1.807, 2.05) is 0 Å². The predicted molar refractivity (Wildman–Crippen MR) is 389 cm³/mol. The summed E-state index contributed by atoms with van der Waals surface area (Å²) >= 11 is 0. The van der Waals surface area contributed by atoms with Crippen LogP contribution in [0.25, 0.3) is 0 Å². The summed E-state index contributed by atoms with van der Waals surface area (Å²) in [6, 6.07) is -5.79. The van der Waals surface area contributed by atoms with Gasteiger partial charge in [-0.15, -0.1) is 0 Å². The second kappa shape index (κ2) is 46.8. The van der Waals surface area contributed by atoms with Crippen LogP contribution in [0, 0.1) is 0 Å². The van der Waals surface area contributed by atoms with Crippen molar-refractivity contribution < 1.29 is 262 Å². The molecule has 6 aliphatic heterocycles. The molecular formula is C62H94N2O57S6. The van der Waals surface area contributed by atoms with Crippen molar-refractivity contribution >= 4 is 128 Å². The first kappa shape index (κ1) is 109. The monoisotopic (exact) mass is 1970 g/mol. The van der Waals surface area contributed by atoms with Gasteiger partial charge in [0.2, 0.25) is 5.91 Å². The van der Waals surface area contributed by atoms with Crippen LogP contribution in [0.3, 0.4) is 0 Å². The molecule has 0 aromatic rings.